The van der Waals surface area contributed by atoms with E-state index < -0.39 is 63.7 Å². The van der Waals surface area contributed by atoms with E-state index in [1.807, 2.05) is 13.8 Å². The molecule has 0 radical (unpaired) electrons. The second-order valence-electron chi connectivity index (χ2n) is 14.7. The summed E-state index contributed by atoms with van der Waals surface area (Å²) in [7, 11) is 0. The third-order valence-electron chi connectivity index (χ3n) is 11.3. The van der Waals surface area contributed by atoms with E-state index in [4.69, 9.17) is 0 Å². The van der Waals surface area contributed by atoms with Crippen molar-refractivity contribution in [1.82, 2.24) is 0 Å². The van der Waals surface area contributed by atoms with Crippen LogP contribution in [0.1, 0.15) is 125 Å². The van der Waals surface area contributed by atoms with Gasteiger partial charge in [-0.1, -0.05) is 104 Å². The highest BCUT2D eigenvalue weighted by Gasteiger charge is 2.84. The van der Waals surface area contributed by atoms with Crippen LogP contribution >= 0.6 is 0 Å². The Kier molecular flexibility index (Phi) is 12.4. The van der Waals surface area contributed by atoms with Crippen LogP contribution in [0.4, 0.5) is 0 Å². The molecule has 5 N–H and O–H groups in total. The van der Waals surface area contributed by atoms with E-state index in [1.54, 1.807) is 26.0 Å². The molecule has 0 aromatic heterocycles. The minimum Gasteiger partial charge on any atom is -0.393 e. The predicted molar refractivity (Wildman–Crippen MR) is 171 cm³/mol. The molecule has 9 nitrogen and oxygen atoms in total. The molecule has 0 heterocycles. The monoisotopic (exact) mass is 634 g/mol. The van der Waals surface area contributed by atoms with Gasteiger partial charge in [0, 0.05) is 48.9 Å². The number of esters is 2. The number of hydrogen-bond donors (Lipinski definition) is 5. The molecule has 0 bridgehead atoms. The van der Waals surface area contributed by atoms with Crippen LogP contribution in [-0.2, 0) is 19.1 Å². The molecule has 4 aliphatic rings. The molecule has 4 rings (SSSR count). The highest BCUT2D eigenvalue weighted by atomic mass is 16.6. The van der Waals surface area contributed by atoms with Crippen molar-refractivity contribution in [3.05, 3.63) is 23.3 Å². The van der Waals surface area contributed by atoms with Gasteiger partial charge in [0.1, 0.15) is 11.2 Å². The van der Waals surface area contributed by atoms with Gasteiger partial charge in [-0.15, -0.1) is 0 Å². The Morgan fingerprint density at radius 3 is 1.98 bits per heavy atom. The van der Waals surface area contributed by atoms with E-state index in [-0.39, 0.29) is 19.0 Å². The molecule has 0 unspecified atom stereocenters. The van der Waals surface area contributed by atoms with Gasteiger partial charge < -0.3 is 30.3 Å². The lowest BCUT2D eigenvalue weighted by Gasteiger charge is -2.51. The van der Waals surface area contributed by atoms with Gasteiger partial charge in [-0.3, -0.25) is 14.4 Å². The molecule has 0 aliphatic heterocycles. The number of hydrogen-bond acceptors (Lipinski definition) is 9. The first-order valence-corrected chi connectivity index (χ1v) is 17.1. The average Bonchev–Trinajstić information content (AvgIpc) is 3.38. The summed E-state index contributed by atoms with van der Waals surface area (Å²) in [6, 6.07) is 0. The number of carbonyl (C=O) groups excluding carboxylic acids is 3. The number of aliphatic hydroxyl groups is 5. The lowest BCUT2D eigenvalue weighted by molar-refractivity contribution is -0.209. The van der Waals surface area contributed by atoms with Crippen molar-refractivity contribution in [3.63, 3.8) is 0 Å². The molecule has 8 atom stereocenters. The second kappa shape index (κ2) is 14.9. The predicted octanol–water partition coefficient (Wildman–Crippen LogP) is 4.71. The zero-order valence-electron chi connectivity index (χ0n) is 28.3. The number of aliphatic hydroxyl groups excluding tert-OH is 2. The number of Topliss-reactive ketones (excluding diaryl/α,β-unsaturated/α-hetero) is 1. The molecule has 2 saturated carbocycles. The SMILES string of the molecule is CC1=C[C@H]2[C@]3(O)[C@H](C)[C@@H](O)[C@@]4(O)[C@H]([C@@H]3C=C(CO)C[C@@]2(O)C1=O)C4(C)C.CCCCCCCCCCCCCC(=O)OC(C)=O. The van der Waals surface area contributed by atoms with E-state index >= 15 is 0 Å². The molecule has 0 aromatic carbocycles. The van der Waals surface area contributed by atoms with Gasteiger partial charge in [0.05, 0.1) is 18.3 Å². The molecule has 9 heteroatoms. The number of ether oxygens (including phenoxy) is 1. The Labute approximate surface area is 269 Å². The van der Waals surface area contributed by atoms with E-state index in [0.29, 0.717) is 17.6 Å². The molecule has 4 aliphatic carbocycles. The molecule has 45 heavy (non-hydrogen) atoms. The van der Waals surface area contributed by atoms with E-state index in [1.165, 1.54) is 64.7 Å². The van der Waals surface area contributed by atoms with Crippen LogP contribution in [0, 0.1) is 29.1 Å². The molecular weight excluding hydrogens is 576 g/mol. The summed E-state index contributed by atoms with van der Waals surface area (Å²) >= 11 is 0. The Balaban J connectivity index is 0.000000261. The average molecular weight is 635 g/mol. The maximum Gasteiger partial charge on any atom is 0.313 e. The molecule has 256 valence electrons. The summed E-state index contributed by atoms with van der Waals surface area (Å²) in [4.78, 5) is 34.3. The normalized spacial score (nSPS) is 35.9. The topological polar surface area (TPSA) is 162 Å². The smallest absolute Gasteiger partial charge is 0.313 e. The minimum atomic E-state index is -1.84. The van der Waals surface area contributed by atoms with Crippen LogP contribution in [0.15, 0.2) is 23.3 Å². The van der Waals surface area contributed by atoms with Crippen molar-refractivity contribution < 1.29 is 44.7 Å². The van der Waals surface area contributed by atoms with Crippen molar-refractivity contribution in [1.29, 1.82) is 0 Å². The Morgan fingerprint density at radius 2 is 1.47 bits per heavy atom. The highest BCUT2D eigenvalue weighted by Crippen LogP contribution is 2.74. The number of fused-ring (bicyclic) bond motifs is 5. The quantitative estimate of drug-likeness (QED) is 0.0836. The van der Waals surface area contributed by atoms with Crippen molar-refractivity contribution in [2.75, 3.05) is 6.61 Å². The second-order valence-corrected chi connectivity index (χ2v) is 14.7. The highest BCUT2D eigenvalue weighted by molar-refractivity contribution is 6.04. The first-order chi connectivity index (χ1) is 21.0. The fourth-order valence-electron chi connectivity index (χ4n) is 8.59. The maximum atomic E-state index is 12.7. The first kappa shape index (κ1) is 37.5. The summed E-state index contributed by atoms with van der Waals surface area (Å²) in [5, 5.41) is 54.9. The molecule has 0 amide bonds. The Bertz CT molecular complexity index is 1140. The van der Waals surface area contributed by atoms with E-state index in [0.717, 1.165) is 12.8 Å². The Hall–Kier alpha value is -1.91. The lowest BCUT2D eigenvalue weighted by Crippen LogP contribution is -2.65. The molecule has 2 fully saturated rings. The van der Waals surface area contributed by atoms with Gasteiger partial charge in [0.15, 0.2) is 5.78 Å². The number of unbranched alkanes of at least 4 members (excludes halogenated alkanes) is 10. The standard InChI is InChI=1S/C20H28O6.C16H30O3/c1-9-5-13-18(24,15(9)22)7-11(8-21)6-12-14-17(3,4)20(14,26)16(23)10(2)19(12,13)25;1-3-4-5-6-7-8-9-10-11-12-13-14-16(18)19-15(2)17/h5-6,10,12-14,16,21,23-26H,7-8H2,1-4H3;3-14H2,1-2H3/t10-,12+,13-,14-,16-,18+,19+,20+;/m1./s1. The van der Waals surface area contributed by atoms with Crippen LogP contribution in [0.2, 0.25) is 0 Å². The summed E-state index contributed by atoms with van der Waals surface area (Å²) < 4.78 is 4.46. The van der Waals surface area contributed by atoms with Crippen molar-refractivity contribution in [2.45, 2.75) is 148 Å². The zero-order chi connectivity index (χ0) is 33.8. The summed E-state index contributed by atoms with van der Waals surface area (Å²) in [6.07, 6.45) is 16.3. The zero-order valence-corrected chi connectivity index (χ0v) is 28.3. The van der Waals surface area contributed by atoms with Gasteiger partial charge in [0.2, 0.25) is 0 Å². The van der Waals surface area contributed by atoms with Gasteiger partial charge in [-0.2, -0.15) is 0 Å². The summed E-state index contributed by atoms with van der Waals surface area (Å²) in [5.74, 6) is -4.03. The molecule has 0 aromatic rings. The number of carbonyl (C=O) groups is 3. The fraction of sp³-hybridized carbons (Fsp3) is 0.806. The summed E-state index contributed by atoms with van der Waals surface area (Å²) in [5.41, 5.74) is -4.57. The van der Waals surface area contributed by atoms with Crippen molar-refractivity contribution in [2.24, 2.45) is 29.1 Å². The largest absolute Gasteiger partial charge is 0.393 e. The van der Waals surface area contributed by atoms with E-state index in [2.05, 4.69) is 11.7 Å². The minimum absolute atomic E-state index is 0.0615. The first-order valence-electron chi connectivity index (χ1n) is 17.1. The number of ketones is 1. The molecule has 0 saturated heterocycles. The third kappa shape index (κ3) is 7.18. The summed E-state index contributed by atoms with van der Waals surface area (Å²) in [6.45, 7) is 10.1. The molecular formula is C36H58O9. The van der Waals surface area contributed by atoms with Gasteiger partial charge in [-0.05, 0) is 24.5 Å². The van der Waals surface area contributed by atoms with Gasteiger partial charge >= 0.3 is 11.9 Å². The van der Waals surface area contributed by atoms with E-state index in [9.17, 15) is 39.9 Å². The van der Waals surface area contributed by atoms with Crippen LogP contribution in [0.3, 0.4) is 0 Å². The Morgan fingerprint density at radius 1 is 0.933 bits per heavy atom. The third-order valence-corrected chi connectivity index (χ3v) is 11.3. The lowest BCUT2D eigenvalue weighted by atomic mass is 9.59. The van der Waals surface area contributed by atoms with Crippen molar-refractivity contribution in [3.8, 4) is 0 Å². The molecule has 0 spiro atoms. The van der Waals surface area contributed by atoms with Crippen molar-refractivity contribution >= 4 is 17.7 Å². The van der Waals surface area contributed by atoms with Crippen LogP contribution in [-0.4, -0.2) is 72.8 Å². The van der Waals surface area contributed by atoms with Crippen LogP contribution in [0.5, 0.6) is 0 Å². The van der Waals surface area contributed by atoms with Gasteiger partial charge in [0.25, 0.3) is 0 Å². The maximum absolute atomic E-state index is 12.7. The van der Waals surface area contributed by atoms with Gasteiger partial charge in [-0.25, -0.2) is 0 Å². The number of rotatable bonds is 13. The van der Waals surface area contributed by atoms with Crippen LogP contribution < -0.4 is 0 Å². The fourth-order valence-corrected chi connectivity index (χ4v) is 8.59. The van der Waals surface area contributed by atoms with Crippen LogP contribution in [0.25, 0.3) is 0 Å².